The lowest BCUT2D eigenvalue weighted by Gasteiger charge is -2.32. The Morgan fingerprint density at radius 3 is 2.61 bits per heavy atom. The van der Waals surface area contributed by atoms with Gasteiger partial charge in [-0.15, -0.1) is 11.3 Å². The first-order valence-corrected chi connectivity index (χ1v) is 15.3. The summed E-state index contributed by atoms with van der Waals surface area (Å²) in [6.45, 7) is 0.886. The number of nitrogens with zero attached hydrogens (tertiary/aromatic N) is 3. The number of hydrogen-bond donors (Lipinski definition) is 0. The summed E-state index contributed by atoms with van der Waals surface area (Å²) < 4.78 is 25.4. The fourth-order valence-electron chi connectivity index (χ4n) is 5.58. The first-order chi connectivity index (χ1) is 21.5. The number of hydrogen-bond acceptors (Lipinski definition) is 9. The van der Waals surface area contributed by atoms with Crippen molar-refractivity contribution < 1.29 is 28.2 Å². The second kappa shape index (κ2) is 12.1. The van der Waals surface area contributed by atoms with Gasteiger partial charge in [0.15, 0.2) is 11.9 Å². The molecule has 1 saturated heterocycles. The van der Waals surface area contributed by atoms with E-state index in [1.165, 1.54) is 16.2 Å². The van der Waals surface area contributed by atoms with Gasteiger partial charge in [0.1, 0.15) is 17.5 Å². The quantitative estimate of drug-likeness (QED) is 0.201. The Morgan fingerprint density at radius 2 is 1.84 bits per heavy atom. The van der Waals surface area contributed by atoms with Crippen LogP contribution in [-0.4, -0.2) is 39.9 Å². The molecule has 10 nitrogen and oxygen atoms in total. The summed E-state index contributed by atoms with van der Waals surface area (Å²) in [5.74, 6) is -0.360. The lowest BCUT2D eigenvalue weighted by molar-refractivity contribution is -0.0394. The number of carbonyl (C=O) groups excluding carboxylic acids is 2. The zero-order valence-electron chi connectivity index (χ0n) is 23.7. The molecule has 224 valence electrons. The van der Waals surface area contributed by atoms with Gasteiger partial charge >= 0.3 is 17.7 Å². The van der Waals surface area contributed by atoms with Gasteiger partial charge in [-0.2, -0.15) is 5.10 Å². The van der Waals surface area contributed by atoms with Crippen LogP contribution in [-0.2, 0) is 27.4 Å². The van der Waals surface area contributed by atoms with Crippen molar-refractivity contribution in [2.24, 2.45) is 0 Å². The smallest absolute Gasteiger partial charge is 0.410 e. The van der Waals surface area contributed by atoms with Gasteiger partial charge in [0.25, 0.3) is 0 Å². The Hall–Kier alpha value is -4.74. The van der Waals surface area contributed by atoms with Crippen LogP contribution in [0.4, 0.5) is 4.79 Å². The number of fused-ring (bicyclic) bond motifs is 3. The minimum Gasteiger partial charge on any atom is -0.449 e. The molecule has 11 heteroatoms. The molecule has 2 aliphatic rings. The van der Waals surface area contributed by atoms with Gasteiger partial charge in [0.05, 0.1) is 24.8 Å². The Labute approximate surface area is 256 Å². The van der Waals surface area contributed by atoms with Gasteiger partial charge in [0.2, 0.25) is 0 Å². The van der Waals surface area contributed by atoms with Crippen molar-refractivity contribution in [3.05, 3.63) is 112 Å². The van der Waals surface area contributed by atoms with E-state index in [0.717, 1.165) is 35.3 Å². The van der Waals surface area contributed by atoms with Crippen LogP contribution in [0.1, 0.15) is 58.8 Å². The highest BCUT2D eigenvalue weighted by atomic mass is 32.1. The lowest BCUT2D eigenvalue weighted by Crippen LogP contribution is -2.40. The zero-order chi connectivity index (χ0) is 30.0. The number of benzene rings is 2. The summed E-state index contributed by atoms with van der Waals surface area (Å²) in [7, 11) is 0. The van der Waals surface area contributed by atoms with Gasteiger partial charge in [-0.3, -0.25) is 4.90 Å². The third-order valence-corrected chi connectivity index (χ3v) is 8.99. The maximum Gasteiger partial charge on any atom is 0.410 e. The number of carbonyl (C=O) groups is 2. The van der Waals surface area contributed by atoms with E-state index in [4.69, 9.17) is 18.6 Å². The maximum atomic E-state index is 13.3. The van der Waals surface area contributed by atoms with E-state index >= 15 is 0 Å². The SMILES string of the molecule is O=C(OC1CN(C(=O)OCc2ccccc2)Cc2c1oc(=O)c1sc(-c3cnn(C4CCCCO4)c3)cc21)c1ccccc1. The average molecular weight is 612 g/mol. The van der Waals surface area contributed by atoms with E-state index in [0.29, 0.717) is 27.8 Å². The van der Waals surface area contributed by atoms with Crippen molar-refractivity contribution in [3.8, 4) is 10.4 Å². The number of thiophene rings is 1. The molecule has 2 aliphatic heterocycles. The summed E-state index contributed by atoms with van der Waals surface area (Å²) in [5.41, 5.74) is 2.10. The largest absolute Gasteiger partial charge is 0.449 e. The van der Waals surface area contributed by atoms with Gasteiger partial charge < -0.3 is 18.6 Å². The second-order valence-corrected chi connectivity index (χ2v) is 11.8. The molecule has 0 radical (unpaired) electrons. The number of esters is 1. The molecule has 0 bridgehead atoms. The van der Waals surface area contributed by atoms with Crippen LogP contribution in [0.5, 0.6) is 0 Å². The number of rotatable bonds is 6. The molecule has 2 unspecified atom stereocenters. The number of aromatic nitrogens is 2. The van der Waals surface area contributed by atoms with Crippen molar-refractivity contribution in [2.45, 2.75) is 44.7 Å². The molecule has 5 aromatic rings. The van der Waals surface area contributed by atoms with Gasteiger partial charge in [-0.1, -0.05) is 48.5 Å². The van der Waals surface area contributed by atoms with Gasteiger partial charge in [-0.05, 0) is 43.0 Å². The monoisotopic (exact) mass is 611 g/mol. The third-order valence-electron chi connectivity index (χ3n) is 7.83. The first-order valence-electron chi connectivity index (χ1n) is 14.5. The average Bonchev–Trinajstić information content (AvgIpc) is 3.74. The molecular weight excluding hydrogens is 582 g/mol. The fourth-order valence-corrected chi connectivity index (χ4v) is 6.62. The number of amides is 1. The molecule has 5 heterocycles. The molecule has 44 heavy (non-hydrogen) atoms. The predicted octanol–water partition coefficient (Wildman–Crippen LogP) is 6.47. The first kappa shape index (κ1) is 28.1. The fraction of sp³-hybridized carbons (Fsp3) is 0.273. The lowest BCUT2D eigenvalue weighted by atomic mass is 10.0. The second-order valence-electron chi connectivity index (χ2n) is 10.8. The van der Waals surface area contributed by atoms with Crippen molar-refractivity contribution in [1.82, 2.24) is 14.7 Å². The summed E-state index contributed by atoms with van der Waals surface area (Å²) in [6, 6.07) is 19.8. The van der Waals surface area contributed by atoms with Crippen LogP contribution in [0.15, 0.2) is 88.3 Å². The Kier molecular flexibility index (Phi) is 7.71. The van der Waals surface area contributed by atoms with E-state index in [1.807, 2.05) is 47.3 Å². The summed E-state index contributed by atoms with van der Waals surface area (Å²) in [6.07, 6.45) is 5.01. The zero-order valence-corrected chi connectivity index (χ0v) is 24.5. The van der Waals surface area contributed by atoms with Crippen molar-refractivity contribution >= 4 is 33.5 Å². The third kappa shape index (κ3) is 5.63. The molecule has 2 atom stereocenters. The van der Waals surface area contributed by atoms with Crippen molar-refractivity contribution in [1.29, 1.82) is 0 Å². The van der Waals surface area contributed by atoms with Crippen LogP contribution >= 0.6 is 11.3 Å². The minimum absolute atomic E-state index is 0.0290. The normalized spacial score (nSPS) is 18.1. The van der Waals surface area contributed by atoms with E-state index in [1.54, 1.807) is 36.5 Å². The van der Waals surface area contributed by atoms with Crippen LogP contribution in [0, 0.1) is 0 Å². The standard InChI is InChI=1S/C33H29N3O7S/c37-31(22-11-5-2-6-12-22)42-26-19-35(33(39)41-20-21-9-3-1-4-10-21)18-25-24-15-27(44-30(24)32(38)43-29(25)26)23-16-34-36(17-23)28-13-7-8-14-40-28/h1-6,9-12,15-17,26,28H,7-8,13-14,18-20H2. The highest BCUT2D eigenvalue weighted by Gasteiger charge is 2.36. The molecule has 0 aliphatic carbocycles. The van der Waals surface area contributed by atoms with Crippen molar-refractivity contribution in [3.63, 3.8) is 0 Å². The van der Waals surface area contributed by atoms with Crippen LogP contribution < -0.4 is 5.63 Å². The maximum absolute atomic E-state index is 13.3. The predicted molar refractivity (Wildman–Crippen MR) is 162 cm³/mol. The Balaban J connectivity index is 1.23. The molecule has 0 saturated carbocycles. The van der Waals surface area contributed by atoms with E-state index in [-0.39, 0.29) is 31.7 Å². The van der Waals surface area contributed by atoms with Gasteiger partial charge in [-0.25, -0.2) is 19.1 Å². The van der Waals surface area contributed by atoms with Crippen LogP contribution in [0.3, 0.4) is 0 Å². The van der Waals surface area contributed by atoms with Gasteiger partial charge in [0, 0.05) is 34.2 Å². The van der Waals surface area contributed by atoms with E-state index < -0.39 is 23.8 Å². The molecule has 3 aromatic heterocycles. The molecule has 0 spiro atoms. The summed E-state index contributed by atoms with van der Waals surface area (Å²) in [5, 5.41) is 5.16. The van der Waals surface area contributed by atoms with Crippen LogP contribution in [0.2, 0.25) is 0 Å². The summed E-state index contributed by atoms with van der Waals surface area (Å²) >= 11 is 1.30. The molecular formula is C33H29N3O7S. The Bertz CT molecular complexity index is 1860. The number of ether oxygens (including phenoxy) is 3. The highest BCUT2D eigenvalue weighted by Crippen LogP contribution is 2.39. The topological polar surface area (TPSA) is 113 Å². The summed E-state index contributed by atoms with van der Waals surface area (Å²) in [4.78, 5) is 42.0. The molecule has 0 N–H and O–H groups in total. The van der Waals surface area contributed by atoms with E-state index in [2.05, 4.69) is 5.10 Å². The van der Waals surface area contributed by atoms with E-state index in [9.17, 15) is 14.4 Å². The highest BCUT2D eigenvalue weighted by molar-refractivity contribution is 7.22. The minimum atomic E-state index is -1.01. The van der Waals surface area contributed by atoms with Crippen molar-refractivity contribution in [2.75, 3.05) is 13.2 Å². The van der Waals surface area contributed by atoms with Crippen LogP contribution in [0.25, 0.3) is 20.5 Å². The molecule has 1 fully saturated rings. The molecule has 7 rings (SSSR count). The molecule has 1 amide bonds. The Morgan fingerprint density at radius 1 is 1.05 bits per heavy atom. The molecule has 2 aromatic carbocycles.